The van der Waals surface area contributed by atoms with Crippen LogP contribution >= 0.6 is 23.2 Å². The van der Waals surface area contributed by atoms with E-state index in [1.807, 2.05) is 6.92 Å². The number of carbonyl (C=O) groups is 1. The smallest absolute Gasteiger partial charge is 0.318 e. The molecular formula is C16H17Cl2N3O2. The second kappa shape index (κ2) is 8.09. The normalized spacial score (nSPS) is 15.4. The van der Waals surface area contributed by atoms with Gasteiger partial charge in [0, 0.05) is 31.5 Å². The van der Waals surface area contributed by atoms with Crippen LogP contribution in [-0.4, -0.2) is 41.0 Å². The molecule has 0 bridgehead atoms. The molecule has 1 fully saturated rings. The molecule has 2 N–H and O–H groups in total. The molecule has 5 nitrogen and oxygen atoms in total. The number of amides is 2. The fourth-order valence-electron chi connectivity index (χ4n) is 2.15. The van der Waals surface area contributed by atoms with Crippen LogP contribution in [0.25, 0.3) is 0 Å². The zero-order valence-corrected chi connectivity index (χ0v) is 14.2. The van der Waals surface area contributed by atoms with E-state index in [0.717, 1.165) is 11.3 Å². The Hall–Kier alpha value is -1.90. The minimum Gasteiger partial charge on any atom is -0.411 e. The summed E-state index contributed by atoms with van der Waals surface area (Å²) in [6.07, 6.45) is 1.18. The molecule has 1 heterocycles. The van der Waals surface area contributed by atoms with Crippen molar-refractivity contribution in [2.75, 3.05) is 13.1 Å². The highest BCUT2D eigenvalue weighted by Gasteiger charge is 2.20. The lowest BCUT2D eigenvalue weighted by Gasteiger charge is -2.27. The van der Waals surface area contributed by atoms with Crippen LogP contribution < -0.4 is 5.32 Å². The summed E-state index contributed by atoms with van der Waals surface area (Å²) in [5.41, 5.74) is 1.46. The van der Waals surface area contributed by atoms with Crippen LogP contribution in [-0.2, 0) is 0 Å². The molecule has 0 aromatic heterocycles. The number of halogens is 2. The third-order valence-electron chi connectivity index (χ3n) is 3.46. The Morgan fingerprint density at radius 2 is 2.04 bits per heavy atom. The average molecular weight is 354 g/mol. The Morgan fingerprint density at radius 1 is 1.35 bits per heavy atom. The molecule has 0 radical (unpaired) electrons. The van der Waals surface area contributed by atoms with Crippen molar-refractivity contribution in [3.05, 3.63) is 33.8 Å². The summed E-state index contributed by atoms with van der Waals surface area (Å²) in [4.78, 5) is 13.8. The minimum absolute atomic E-state index is 0.169. The highest BCUT2D eigenvalue weighted by atomic mass is 35.5. The predicted octanol–water partition coefficient (Wildman–Crippen LogP) is 3.37. The van der Waals surface area contributed by atoms with Gasteiger partial charge in [0.1, 0.15) is 0 Å². The van der Waals surface area contributed by atoms with Gasteiger partial charge in [-0.3, -0.25) is 0 Å². The van der Waals surface area contributed by atoms with Gasteiger partial charge in [-0.15, -0.1) is 0 Å². The van der Waals surface area contributed by atoms with Gasteiger partial charge < -0.3 is 15.4 Å². The number of benzene rings is 1. The van der Waals surface area contributed by atoms with E-state index >= 15 is 0 Å². The van der Waals surface area contributed by atoms with Crippen LogP contribution in [0.2, 0.25) is 10.0 Å². The first-order valence-corrected chi connectivity index (χ1v) is 7.97. The summed E-state index contributed by atoms with van der Waals surface area (Å²) in [6.45, 7) is 2.89. The van der Waals surface area contributed by atoms with Crippen molar-refractivity contribution in [1.29, 1.82) is 0 Å². The third-order valence-corrected chi connectivity index (χ3v) is 4.20. The molecule has 23 heavy (non-hydrogen) atoms. The van der Waals surface area contributed by atoms with Gasteiger partial charge in [0.05, 0.1) is 21.8 Å². The third kappa shape index (κ3) is 5.05. The molecule has 0 saturated carbocycles. The Balaban J connectivity index is 1.89. The van der Waals surface area contributed by atoms with E-state index in [2.05, 4.69) is 22.3 Å². The van der Waals surface area contributed by atoms with E-state index in [4.69, 9.17) is 28.4 Å². The monoisotopic (exact) mass is 353 g/mol. The number of oxime groups is 1. The maximum absolute atomic E-state index is 12.1. The summed E-state index contributed by atoms with van der Waals surface area (Å²) in [5.74, 6) is 5.92. The zero-order valence-electron chi connectivity index (χ0n) is 12.6. The van der Waals surface area contributed by atoms with Crippen molar-refractivity contribution in [3.8, 4) is 11.8 Å². The Kier molecular flexibility index (Phi) is 6.14. The number of carbonyl (C=O) groups excluding carboxylic acids is 1. The molecule has 1 atom stereocenters. The van der Waals surface area contributed by atoms with Gasteiger partial charge in [0.25, 0.3) is 0 Å². The van der Waals surface area contributed by atoms with Gasteiger partial charge in [-0.1, -0.05) is 40.2 Å². The number of hydrogen-bond donors (Lipinski definition) is 2. The van der Waals surface area contributed by atoms with Gasteiger partial charge >= 0.3 is 6.03 Å². The number of rotatable bonds is 1. The summed E-state index contributed by atoms with van der Waals surface area (Å²) in [5, 5.41) is 15.7. The lowest BCUT2D eigenvalue weighted by atomic mass is 10.1. The van der Waals surface area contributed by atoms with Crippen LogP contribution in [0.3, 0.4) is 0 Å². The van der Waals surface area contributed by atoms with E-state index < -0.39 is 0 Å². The number of nitrogens with one attached hydrogen (secondary N) is 1. The molecule has 1 aromatic rings. The molecule has 1 saturated heterocycles. The van der Waals surface area contributed by atoms with E-state index in [1.165, 1.54) is 0 Å². The first kappa shape index (κ1) is 17.5. The lowest BCUT2D eigenvalue weighted by Crippen LogP contribution is -2.47. The van der Waals surface area contributed by atoms with E-state index in [1.54, 1.807) is 23.1 Å². The van der Waals surface area contributed by atoms with Crippen molar-refractivity contribution < 1.29 is 10.0 Å². The molecule has 0 spiro atoms. The topological polar surface area (TPSA) is 64.9 Å². The number of likely N-dealkylation sites (tertiary alicyclic amines) is 1. The molecule has 1 aliphatic rings. The van der Waals surface area contributed by atoms with Gasteiger partial charge in [-0.05, 0) is 25.1 Å². The molecule has 2 rings (SSSR count). The molecule has 1 aromatic carbocycles. The standard InChI is InChI=1S/C16H17Cl2N3O2/c1-11(2-3-12-4-5-14(17)15(18)10-12)19-16(22)21-8-6-13(20-23)7-9-21/h4-5,10-11,23H,6-9H2,1H3,(H,19,22)/t11-/m0/s1. The largest absolute Gasteiger partial charge is 0.411 e. The summed E-state index contributed by atoms with van der Waals surface area (Å²) in [7, 11) is 0. The van der Waals surface area contributed by atoms with Crippen molar-refractivity contribution in [1.82, 2.24) is 10.2 Å². The molecule has 7 heteroatoms. The molecule has 122 valence electrons. The molecule has 0 unspecified atom stereocenters. The minimum atomic E-state index is -0.301. The second-order valence-corrected chi connectivity index (χ2v) is 6.04. The molecule has 0 aliphatic carbocycles. The van der Waals surface area contributed by atoms with Crippen LogP contribution in [0.15, 0.2) is 23.4 Å². The predicted molar refractivity (Wildman–Crippen MR) is 91.4 cm³/mol. The highest BCUT2D eigenvalue weighted by Crippen LogP contribution is 2.22. The van der Waals surface area contributed by atoms with Crippen molar-refractivity contribution in [2.24, 2.45) is 5.16 Å². The van der Waals surface area contributed by atoms with Gasteiger partial charge in [0.2, 0.25) is 0 Å². The quantitative estimate of drug-likeness (QED) is 0.461. The van der Waals surface area contributed by atoms with E-state index in [-0.39, 0.29) is 12.1 Å². The van der Waals surface area contributed by atoms with Crippen LogP contribution in [0.5, 0.6) is 0 Å². The maximum atomic E-state index is 12.1. The van der Waals surface area contributed by atoms with Crippen molar-refractivity contribution in [3.63, 3.8) is 0 Å². The SMILES string of the molecule is C[C@@H](C#Cc1ccc(Cl)c(Cl)c1)NC(=O)N1CCC(=NO)CC1. The van der Waals surface area contributed by atoms with Crippen LogP contribution in [0, 0.1) is 11.8 Å². The maximum Gasteiger partial charge on any atom is 0.318 e. The first-order chi connectivity index (χ1) is 11.0. The fraction of sp³-hybridized carbons (Fsp3) is 0.375. The van der Waals surface area contributed by atoms with Crippen LogP contribution in [0.4, 0.5) is 4.79 Å². The zero-order chi connectivity index (χ0) is 16.8. The van der Waals surface area contributed by atoms with Crippen LogP contribution in [0.1, 0.15) is 25.3 Å². The van der Waals surface area contributed by atoms with Gasteiger partial charge in [-0.25, -0.2) is 4.79 Å². The number of urea groups is 1. The summed E-state index contributed by atoms with van der Waals surface area (Å²) >= 11 is 11.8. The van der Waals surface area contributed by atoms with E-state index in [9.17, 15) is 4.79 Å². The summed E-state index contributed by atoms with van der Waals surface area (Å²) in [6, 6.07) is 4.68. The van der Waals surface area contributed by atoms with Gasteiger partial charge in [0.15, 0.2) is 0 Å². The average Bonchev–Trinajstić information content (AvgIpc) is 2.56. The number of nitrogens with zero attached hydrogens (tertiary/aromatic N) is 2. The highest BCUT2D eigenvalue weighted by molar-refractivity contribution is 6.42. The molecule has 2 amide bonds. The fourth-order valence-corrected chi connectivity index (χ4v) is 2.44. The van der Waals surface area contributed by atoms with Crippen molar-refractivity contribution in [2.45, 2.75) is 25.8 Å². The molecular weight excluding hydrogens is 337 g/mol. The number of hydrogen-bond acceptors (Lipinski definition) is 3. The second-order valence-electron chi connectivity index (χ2n) is 5.22. The van der Waals surface area contributed by atoms with Gasteiger partial charge in [-0.2, -0.15) is 0 Å². The lowest BCUT2D eigenvalue weighted by molar-refractivity contribution is 0.195. The molecule has 1 aliphatic heterocycles. The first-order valence-electron chi connectivity index (χ1n) is 7.21. The number of piperidine rings is 1. The summed E-state index contributed by atoms with van der Waals surface area (Å²) < 4.78 is 0. The van der Waals surface area contributed by atoms with E-state index in [0.29, 0.717) is 36.0 Å². The Labute approximate surface area is 145 Å². The van der Waals surface area contributed by atoms with Crippen molar-refractivity contribution >= 4 is 34.9 Å². The Bertz CT molecular complexity index is 670. The Morgan fingerprint density at radius 3 is 2.65 bits per heavy atom.